The van der Waals surface area contributed by atoms with Gasteiger partial charge in [-0.1, -0.05) is 36.0 Å². The Hall–Kier alpha value is -3.64. The molecule has 1 heterocycles. The molecular formula is C21H18N4O4S. The van der Waals surface area contributed by atoms with Crippen LogP contribution in [0.5, 0.6) is 0 Å². The molecule has 1 amide bonds. The average Bonchev–Trinajstić information content (AvgIpc) is 2.76. The van der Waals surface area contributed by atoms with Gasteiger partial charge in [-0.3, -0.25) is 19.0 Å². The van der Waals surface area contributed by atoms with Crippen molar-refractivity contribution in [3.05, 3.63) is 64.4 Å². The summed E-state index contributed by atoms with van der Waals surface area (Å²) in [4.78, 5) is 41.3. The van der Waals surface area contributed by atoms with Crippen LogP contribution in [0.4, 0.5) is 5.69 Å². The Kier molecular flexibility index (Phi) is 6.83. The molecule has 0 aliphatic rings. The maximum atomic E-state index is 12.8. The average molecular weight is 422 g/mol. The van der Waals surface area contributed by atoms with Crippen molar-refractivity contribution in [2.45, 2.75) is 18.1 Å². The van der Waals surface area contributed by atoms with E-state index in [0.29, 0.717) is 33.1 Å². The first-order valence-electron chi connectivity index (χ1n) is 9.01. The van der Waals surface area contributed by atoms with Gasteiger partial charge in [0.1, 0.15) is 12.6 Å². The zero-order chi connectivity index (χ0) is 21.5. The lowest BCUT2D eigenvalue weighted by Crippen LogP contribution is -2.27. The highest BCUT2D eigenvalue weighted by Gasteiger charge is 2.15. The van der Waals surface area contributed by atoms with Crippen molar-refractivity contribution in [1.82, 2.24) is 9.55 Å². The standard InChI is InChI=1S/C21H18N4O4S/c1-29-19(27)13-25-20(28)15-7-3-5-9-17(15)24-21(25)30-11-10-18(26)23-16-8-4-2-6-14(16)12-22/h2-9H,10-11,13H2,1H3,(H,23,26). The SMILES string of the molecule is COC(=O)Cn1c(SCCC(=O)Nc2ccccc2C#N)nc2ccccc2c1=O. The van der Waals surface area contributed by atoms with E-state index in [4.69, 9.17) is 5.26 Å². The van der Waals surface area contributed by atoms with Gasteiger partial charge in [0.15, 0.2) is 5.16 Å². The first kappa shape index (κ1) is 21.1. The number of benzene rings is 2. The van der Waals surface area contributed by atoms with Gasteiger partial charge in [-0.2, -0.15) is 5.26 Å². The zero-order valence-electron chi connectivity index (χ0n) is 16.1. The van der Waals surface area contributed by atoms with Gasteiger partial charge in [0.2, 0.25) is 5.91 Å². The summed E-state index contributed by atoms with van der Waals surface area (Å²) in [5.41, 5.74) is 0.988. The Labute approximate surface area is 176 Å². The van der Waals surface area contributed by atoms with E-state index >= 15 is 0 Å². The number of esters is 1. The van der Waals surface area contributed by atoms with E-state index in [2.05, 4.69) is 15.0 Å². The van der Waals surface area contributed by atoms with Crippen LogP contribution in [0, 0.1) is 11.3 Å². The predicted octanol–water partition coefficient (Wildman–Crippen LogP) is 2.56. The molecule has 8 nitrogen and oxygen atoms in total. The lowest BCUT2D eigenvalue weighted by atomic mass is 10.2. The number of rotatable bonds is 7. The fourth-order valence-corrected chi connectivity index (χ4v) is 3.66. The van der Waals surface area contributed by atoms with Crippen LogP contribution in [0.25, 0.3) is 10.9 Å². The molecule has 0 aliphatic carbocycles. The molecule has 0 spiro atoms. The van der Waals surface area contributed by atoms with E-state index in [9.17, 15) is 14.4 Å². The van der Waals surface area contributed by atoms with E-state index in [1.807, 2.05) is 6.07 Å². The monoisotopic (exact) mass is 422 g/mol. The van der Waals surface area contributed by atoms with Crippen molar-refractivity contribution in [1.29, 1.82) is 5.26 Å². The summed E-state index contributed by atoms with van der Waals surface area (Å²) in [6.45, 7) is -0.267. The fourth-order valence-electron chi connectivity index (χ4n) is 2.73. The van der Waals surface area contributed by atoms with Crippen LogP contribution in [0.2, 0.25) is 0 Å². The van der Waals surface area contributed by atoms with Gasteiger partial charge in [-0.25, -0.2) is 4.98 Å². The smallest absolute Gasteiger partial charge is 0.325 e. The molecule has 3 aromatic rings. The van der Waals surface area contributed by atoms with Crippen LogP contribution in [-0.2, 0) is 20.9 Å². The highest BCUT2D eigenvalue weighted by Crippen LogP contribution is 2.20. The summed E-state index contributed by atoms with van der Waals surface area (Å²) in [6.07, 6.45) is 0.130. The number of carbonyl (C=O) groups excluding carboxylic acids is 2. The van der Waals surface area contributed by atoms with Crippen molar-refractivity contribution >= 4 is 40.2 Å². The molecule has 3 rings (SSSR count). The van der Waals surface area contributed by atoms with E-state index in [-0.39, 0.29) is 24.4 Å². The molecule has 0 saturated heterocycles. The van der Waals surface area contributed by atoms with Crippen LogP contribution in [0.3, 0.4) is 0 Å². The fraction of sp³-hybridized carbons (Fsp3) is 0.190. The molecule has 2 aromatic carbocycles. The number of nitriles is 1. The number of fused-ring (bicyclic) bond motifs is 1. The van der Waals surface area contributed by atoms with E-state index in [1.54, 1.807) is 48.5 Å². The summed E-state index contributed by atoms with van der Waals surface area (Å²) in [7, 11) is 1.25. The molecule has 9 heteroatoms. The molecule has 0 unspecified atom stereocenters. The molecular weight excluding hydrogens is 404 g/mol. The number of para-hydroxylation sites is 2. The normalized spacial score (nSPS) is 10.4. The molecule has 0 saturated carbocycles. The Bertz CT molecular complexity index is 1200. The second-order valence-corrected chi connectivity index (χ2v) is 7.25. The van der Waals surface area contributed by atoms with Crippen molar-refractivity contribution in [3.8, 4) is 6.07 Å². The number of amides is 1. The van der Waals surface area contributed by atoms with E-state index in [1.165, 1.54) is 23.4 Å². The molecule has 0 bridgehead atoms. The quantitative estimate of drug-likeness (QED) is 0.353. The Morgan fingerprint density at radius 1 is 1.20 bits per heavy atom. The summed E-state index contributed by atoms with van der Waals surface area (Å²) in [5, 5.41) is 12.5. The van der Waals surface area contributed by atoms with Crippen molar-refractivity contribution < 1.29 is 14.3 Å². The maximum absolute atomic E-state index is 12.8. The summed E-state index contributed by atoms with van der Waals surface area (Å²) >= 11 is 1.20. The minimum atomic E-state index is -0.568. The van der Waals surface area contributed by atoms with Crippen LogP contribution >= 0.6 is 11.8 Å². The highest BCUT2D eigenvalue weighted by molar-refractivity contribution is 7.99. The van der Waals surface area contributed by atoms with Crippen LogP contribution in [-0.4, -0.2) is 34.3 Å². The van der Waals surface area contributed by atoms with Crippen LogP contribution in [0.15, 0.2) is 58.5 Å². The van der Waals surface area contributed by atoms with Gasteiger partial charge in [-0.05, 0) is 24.3 Å². The first-order valence-corrected chi connectivity index (χ1v) is 10.00. The minimum Gasteiger partial charge on any atom is -0.468 e. The van der Waals surface area contributed by atoms with Gasteiger partial charge in [0.05, 0.1) is 29.3 Å². The zero-order valence-corrected chi connectivity index (χ0v) is 16.9. The Morgan fingerprint density at radius 3 is 2.70 bits per heavy atom. The maximum Gasteiger partial charge on any atom is 0.325 e. The summed E-state index contributed by atoms with van der Waals surface area (Å²) < 4.78 is 5.93. The van der Waals surface area contributed by atoms with Gasteiger partial charge < -0.3 is 10.1 Å². The minimum absolute atomic E-state index is 0.130. The topological polar surface area (TPSA) is 114 Å². The molecule has 1 aromatic heterocycles. The number of hydrogen-bond donors (Lipinski definition) is 1. The van der Waals surface area contributed by atoms with Gasteiger partial charge >= 0.3 is 5.97 Å². The number of methoxy groups -OCH3 is 1. The third kappa shape index (κ3) is 4.85. The number of anilines is 1. The van der Waals surface area contributed by atoms with Crippen LogP contribution < -0.4 is 10.9 Å². The first-order chi connectivity index (χ1) is 14.5. The molecule has 30 heavy (non-hydrogen) atoms. The molecule has 0 atom stereocenters. The highest BCUT2D eigenvalue weighted by atomic mass is 32.2. The number of nitrogens with one attached hydrogen (secondary N) is 1. The van der Waals surface area contributed by atoms with Gasteiger partial charge in [-0.15, -0.1) is 0 Å². The Balaban J connectivity index is 1.75. The number of ether oxygens (including phenoxy) is 1. The third-order valence-corrected chi connectivity index (χ3v) is 5.20. The summed E-state index contributed by atoms with van der Waals surface area (Å²) in [6, 6.07) is 15.6. The van der Waals surface area contributed by atoms with Gasteiger partial charge in [0, 0.05) is 12.2 Å². The lowest BCUT2D eigenvalue weighted by molar-refractivity contribution is -0.141. The molecule has 152 valence electrons. The molecule has 1 N–H and O–H groups in total. The van der Waals surface area contributed by atoms with Crippen LogP contribution in [0.1, 0.15) is 12.0 Å². The number of thioether (sulfide) groups is 1. The third-order valence-electron chi connectivity index (χ3n) is 4.22. The largest absolute Gasteiger partial charge is 0.468 e. The summed E-state index contributed by atoms with van der Waals surface area (Å²) in [5.74, 6) is -0.512. The second kappa shape index (κ2) is 9.71. The molecule has 0 fully saturated rings. The molecule has 0 aliphatic heterocycles. The van der Waals surface area contributed by atoms with Gasteiger partial charge in [0.25, 0.3) is 5.56 Å². The van der Waals surface area contributed by atoms with Crippen molar-refractivity contribution in [2.24, 2.45) is 0 Å². The van der Waals surface area contributed by atoms with E-state index in [0.717, 1.165) is 0 Å². The lowest BCUT2D eigenvalue weighted by Gasteiger charge is -2.12. The van der Waals surface area contributed by atoms with Crippen molar-refractivity contribution in [3.63, 3.8) is 0 Å². The second-order valence-electron chi connectivity index (χ2n) is 6.18. The number of carbonyl (C=O) groups is 2. The predicted molar refractivity (Wildman–Crippen MR) is 113 cm³/mol. The van der Waals surface area contributed by atoms with Crippen molar-refractivity contribution in [2.75, 3.05) is 18.2 Å². The Morgan fingerprint density at radius 2 is 1.93 bits per heavy atom. The number of hydrogen-bond acceptors (Lipinski definition) is 7. The molecule has 0 radical (unpaired) electrons. The number of nitrogens with zero attached hydrogens (tertiary/aromatic N) is 3. The number of aromatic nitrogens is 2. The van der Waals surface area contributed by atoms with E-state index < -0.39 is 5.97 Å².